The van der Waals surface area contributed by atoms with E-state index in [1.165, 1.54) is 10.1 Å². The van der Waals surface area contributed by atoms with Crippen molar-refractivity contribution in [3.63, 3.8) is 0 Å². The number of nitrogen functional groups attached to an aromatic ring is 1. The number of thiophene rings is 1. The lowest BCUT2D eigenvalue weighted by atomic mass is 10.1. The number of fused-ring (bicyclic) bond motifs is 1. The van der Waals surface area contributed by atoms with Crippen LogP contribution in [0.3, 0.4) is 0 Å². The van der Waals surface area contributed by atoms with Gasteiger partial charge in [-0.15, -0.1) is 11.3 Å². The molecule has 0 bridgehead atoms. The van der Waals surface area contributed by atoms with Gasteiger partial charge in [0.15, 0.2) is 0 Å². The van der Waals surface area contributed by atoms with Gasteiger partial charge in [-0.2, -0.15) is 0 Å². The molecule has 0 aliphatic heterocycles. The minimum atomic E-state index is 0.816. The van der Waals surface area contributed by atoms with Gasteiger partial charge in [0.1, 0.15) is 0 Å². The van der Waals surface area contributed by atoms with Gasteiger partial charge in [-0.1, -0.05) is 6.07 Å². The molecule has 0 spiro atoms. The van der Waals surface area contributed by atoms with E-state index in [9.17, 15) is 0 Å². The van der Waals surface area contributed by atoms with E-state index in [0.29, 0.717) is 0 Å². The van der Waals surface area contributed by atoms with Crippen molar-refractivity contribution in [2.24, 2.45) is 0 Å². The molecule has 3 heteroatoms. The van der Waals surface area contributed by atoms with Gasteiger partial charge >= 0.3 is 0 Å². The molecule has 0 saturated heterocycles. The molecule has 0 aliphatic carbocycles. The highest BCUT2D eigenvalue weighted by Crippen LogP contribution is 2.27. The monoisotopic (exact) mass is 254 g/mol. The number of nitrogens with one attached hydrogen (secondary N) is 1. The maximum atomic E-state index is 5.91. The smallest absolute Gasteiger partial charge is 0.0405 e. The van der Waals surface area contributed by atoms with Crippen LogP contribution in [0, 0.1) is 6.92 Å². The van der Waals surface area contributed by atoms with Gasteiger partial charge in [-0.25, -0.2) is 0 Å². The molecule has 1 aromatic heterocycles. The Morgan fingerprint density at radius 3 is 2.61 bits per heavy atom. The summed E-state index contributed by atoms with van der Waals surface area (Å²) >= 11 is 1.76. The zero-order valence-corrected chi connectivity index (χ0v) is 10.9. The Hall–Kier alpha value is -2.00. The predicted molar refractivity (Wildman–Crippen MR) is 80.7 cm³/mol. The van der Waals surface area contributed by atoms with Gasteiger partial charge in [0.2, 0.25) is 0 Å². The third kappa shape index (κ3) is 2.05. The van der Waals surface area contributed by atoms with Crippen LogP contribution in [0.2, 0.25) is 0 Å². The van der Waals surface area contributed by atoms with E-state index >= 15 is 0 Å². The van der Waals surface area contributed by atoms with Gasteiger partial charge in [0, 0.05) is 21.8 Å². The van der Waals surface area contributed by atoms with Crippen molar-refractivity contribution in [2.75, 3.05) is 11.1 Å². The summed E-state index contributed by atoms with van der Waals surface area (Å²) in [5.74, 6) is 0. The van der Waals surface area contributed by atoms with Crippen molar-refractivity contribution >= 4 is 38.5 Å². The molecule has 0 aliphatic rings. The molecular formula is C15H14N2S. The highest BCUT2D eigenvalue weighted by molar-refractivity contribution is 7.17. The van der Waals surface area contributed by atoms with Crippen LogP contribution in [0.1, 0.15) is 5.56 Å². The van der Waals surface area contributed by atoms with Crippen LogP contribution in [-0.4, -0.2) is 0 Å². The third-order valence-electron chi connectivity index (χ3n) is 3.02. The van der Waals surface area contributed by atoms with E-state index in [4.69, 9.17) is 5.73 Å². The fourth-order valence-corrected chi connectivity index (χ4v) is 2.70. The molecule has 0 amide bonds. The van der Waals surface area contributed by atoms with Crippen molar-refractivity contribution in [1.29, 1.82) is 0 Å². The first-order chi connectivity index (χ1) is 8.72. The zero-order chi connectivity index (χ0) is 12.5. The van der Waals surface area contributed by atoms with Gasteiger partial charge in [-0.05, 0) is 59.7 Å². The Morgan fingerprint density at radius 1 is 1.00 bits per heavy atom. The summed E-state index contributed by atoms with van der Waals surface area (Å²) in [6.07, 6.45) is 0. The molecule has 1 heterocycles. The normalized spacial score (nSPS) is 10.7. The minimum Gasteiger partial charge on any atom is -0.398 e. The van der Waals surface area contributed by atoms with Crippen molar-refractivity contribution in [2.45, 2.75) is 6.92 Å². The molecule has 90 valence electrons. The van der Waals surface area contributed by atoms with Crippen LogP contribution >= 0.6 is 11.3 Å². The molecule has 0 unspecified atom stereocenters. The Balaban J connectivity index is 1.92. The topological polar surface area (TPSA) is 38.0 Å². The SMILES string of the molecule is Cc1ccc(Nc2ccc3sccc3c2)cc1N. The molecular weight excluding hydrogens is 240 g/mol. The van der Waals surface area contributed by atoms with Crippen LogP contribution in [0.4, 0.5) is 17.1 Å². The molecule has 3 N–H and O–H groups in total. The standard InChI is InChI=1S/C15H14N2S/c1-10-2-3-13(9-14(10)16)17-12-4-5-15-11(8-12)6-7-18-15/h2-9,17H,16H2,1H3. The molecule has 3 rings (SSSR count). The van der Waals surface area contributed by atoms with Gasteiger partial charge < -0.3 is 11.1 Å². The maximum absolute atomic E-state index is 5.91. The second kappa shape index (κ2) is 4.35. The van der Waals surface area contributed by atoms with Gasteiger partial charge in [0.05, 0.1) is 0 Å². The molecule has 2 aromatic carbocycles. The second-order valence-electron chi connectivity index (χ2n) is 4.37. The zero-order valence-electron chi connectivity index (χ0n) is 10.1. The lowest BCUT2D eigenvalue weighted by Crippen LogP contribution is -1.94. The molecule has 2 nitrogen and oxygen atoms in total. The van der Waals surface area contributed by atoms with Crippen LogP contribution in [0.5, 0.6) is 0 Å². The first-order valence-electron chi connectivity index (χ1n) is 5.83. The number of anilines is 3. The first-order valence-corrected chi connectivity index (χ1v) is 6.71. The molecule has 0 radical (unpaired) electrons. The highest BCUT2D eigenvalue weighted by atomic mass is 32.1. The number of aryl methyl sites for hydroxylation is 1. The van der Waals surface area contributed by atoms with Crippen LogP contribution in [-0.2, 0) is 0 Å². The second-order valence-corrected chi connectivity index (χ2v) is 5.32. The van der Waals surface area contributed by atoms with Gasteiger partial charge in [0.25, 0.3) is 0 Å². The average molecular weight is 254 g/mol. The third-order valence-corrected chi connectivity index (χ3v) is 3.92. The van der Waals surface area contributed by atoms with Crippen molar-refractivity contribution in [3.8, 4) is 0 Å². The molecule has 3 aromatic rings. The molecule has 0 saturated carbocycles. The summed E-state index contributed by atoms with van der Waals surface area (Å²) < 4.78 is 1.31. The quantitative estimate of drug-likeness (QED) is 0.659. The summed E-state index contributed by atoms with van der Waals surface area (Å²) in [7, 11) is 0. The Kier molecular flexibility index (Phi) is 2.68. The van der Waals surface area contributed by atoms with Crippen molar-refractivity contribution in [3.05, 3.63) is 53.4 Å². The van der Waals surface area contributed by atoms with E-state index in [-0.39, 0.29) is 0 Å². The van der Waals surface area contributed by atoms with E-state index in [0.717, 1.165) is 22.6 Å². The maximum Gasteiger partial charge on any atom is 0.0405 e. The molecule has 18 heavy (non-hydrogen) atoms. The Morgan fingerprint density at radius 2 is 1.78 bits per heavy atom. The number of rotatable bonds is 2. The first kappa shape index (κ1) is 11.1. The summed E-state index contributed by atoms with van der Waals surface area (Å²) in [5.41, 5.74) is 9.94. The van der Waals surface area contributed by atoms with Crippen LogP contribution < -0.4 is 11.1 Å². The van der Waals surface area contributed by atoms with E-state index in [1.807, 2.05) is 25.1 Å². The summed E-state index contributed by atoms with van der Waals surface area (Å²) in [4.78, 5) is 0. The molecule has 0 fully saturated rings. The van der Waals surface area contributed by atoms with Crippen LogP contribution in [0.15, 0.2) is 47.8 Å². The average Bonchev–Trinajstić information content (AvgIpc) is 2.81. The number of nitrogens with two attached hydrogens (primary N) is 1. The fourth-order valence-electron chi connectivity index (χ4n) is 1.93. The van der Waals surface area contributed by atoms with Crippen LogP contribution in [0.25, 0.3) is 10.1 Å². The highest BCUT2D eigenvalue weighted by Gasteiger charge is 2.00. The Bertz CT molecular complexity index is 701. The number of hydrogen-bond donors (Lipinski definition) is 2. The minimum absolute atomic E-state index is 0.816. The van der Waals surface area contributed by atoms with Gasteiger partial charge in [-0.3, -0.25) is 0 Å². The number of hydrogen-bond acceptors (Lipinski definition) is 3. The number of benzene rings is 2. The lowest BCUT2D eigenvalue weighted by molar-refractivity contribution is 1.46. The van der Waals surface area contributed by atoms with Crippen molar-refractivity contribution in [1.82, 2.24) is 0 Å². The van der Waals surface area contributed by atoms with E-state index in [1.54, 1.807) is 11.3 Å². The Labute approximate surface area is 110 Å². The lowest BCUT2D eigenvalue weighted by Gasteiger charge is -2.08. The van der Waals surface area contributed by atoms with Crippen molar-refractivity contribution < 1.29 is 0 Å². The summed E-state index contributed by atoms with van der Waals surface area (Å²) in [5, 5.41) is 6.76. The summed E-state index contributed by atoms with van der Waals surface area (Å²) in [6, 6.07) is 14.6. The summed E-state index contributed by atoms with van der Waals surface area (Å²) in [6.45, 7) is 2.01. The predicted octanol–water partition coefficient (Wildman–Crippen LogP) is 4.54. The van der Waals surface area contributed by atoms with E-state index < -0.39 is 0 Å². The molecule has 0 atom stereocenters. The fraction of sp³-hybridized carbons (Fsp3) is 0.0667. The largest absolute Gasteiger partial charge is 0.398 e. The van der Waals surface area contributed by atoms with E-state index in [2.05, 4.69) is 35.0 Å².